The maximum Gasteiger partial charge on any atom is 0.250 e. The van der Waals surface area contributed by atoms with Gasteiger partial charge < -0.3 is 9.30 Å². The van der Waals surface area contributed by atoms with Gasteiger partial charge in [0.05, 0.1) is 18.9 Å². The lowest BCUT2D eigenvalue weighted by Crippen LogP contribution is -2.17. The lowest BCUT2D eigenvalue weighted by molar-refractivity contribution is 0.415. The second kappa shape index (κ2) is 8.52. The molecular formula is C25H26N2O2S. The third-order valence-corrected chi connectivity index (χ3v) is 6.44. The second-order valence-electron chi connectivity index (χ2n) is 7.49. The summed E-state index contributed by atoms with van der Waals surface area (Å²) >= 11 is 1.91. The van der Waals surface area contributed by atoms with Crippen LogP contribution in [-0.2, 0) is 12.8 Å². The highest BCUT2D eigenvalue weighted by Crippen LogP contribution is 2.37. The number of aryl methyl sites for hydroxylation is 1. The second-order valence-corrected chi connectivity index (χ2v) is 8.77. The smallest absolute Gasteiger partial charge is 0.250 e. The van der Waals surface area contributed by atoms with E-state index in [-0.39, 0.29) is 11.6 Å². The summed E-state index contributed by atoms with van der Waals surface area (Å²) in [4.78, 5) is 17.5. The summed E-state index contributed by atoms with van der Waals surface area (Å²) in [6.45, 7) is 4.23. The van der Waals surface area contributed by atoms with Crippen LogP contribution < -0.4 is 10.3 Å². The van der Waals surface area contributed by atoms with E-state index in [1.54, 1.807) is 24.8 Å². The first-order chi connectivity index (χ1) is 14.5. The first kappa shape index (κ1) is 20.5. The summed E-state index contributed by atoms with van der Waals surface area (Å²) in [5.41, 5.74) is 7.54. The molecule has 2 aromatic carbocycles. The monoisotopic (exact) mass is 418 g/mol. The van der Waals surface area contributed by atoms with Gasteiger partial charge >= 0.3 is 0 Å². The molecule has 1 aliphatic heterocycles. The van der Waals surface area contributed by atoms with Crippen LogP contribution in [0.3, 0.4) is 0 Å². The molecule has 0 saturated heterocycles. The molecule has 0 radical (unpaired) electrons. The summed E-state index contributed by atoms with van der Waals surface area (Å²) in [6, 6.07) is 16.3. The molecule has 1 atom stereocenters. The van der Waals surface area contributed by atoms with Crippen LogP contribution in [0, 0.1) is 0 Å². The molecule has 0 spiro atoms. The highest BCUT2D eigenvalue weighted by Gasteiger charge is 2.24. The Kier molecular flexibility index (Phi) is 5.82. The van der Waals surface area contributed by atoms with Gasteiger partial charge in [-0.1, -0.05) is 19.1 Å². The maximum absolute atomic E-state index is 12.4. The quantitative estimate of drug-likeness (QED) is 0.570. The Labute approximate surface area is 181 Å². The standard InChI is InChI=1S/C25H26N2O2S/c1-5-30-15-17-6-11-20-22(12-17)23-14-27(3)24(28)13-21(23)16(2)26-25(20)18-7-9-19(29-4)10-8-18/h6-14,16H,5,15H2,1-4H3/t16-/m0/s1. The van der Waals surface area contributed by atoms with Gasteiger partial charge in [-0.05, 0) is 59.7 Å². The molecule has 0 N–H and O–H groups in total. The first-order valence-electron chi connectivity index (χ1n) is 10.2. The summed E-state index contributed by atoms with van der Waals surface area (Å²) in [6.07, 6.45) is 1.95. The van der Waals surface area contributed by atoms with Crippen molar-refractivity contribution in [2.75, 3.05) is 12.9 Å². The van der Waals surface area contributed by atoms with Crippen molar-refractivity contribution in [2.45, 2.75) is 25.6 Å². The Morgan fingerprint density at radius 3 is 2.53 bits per heavy atom. The number of hydrogen-bond acceptors (Lipinski definition) is 4. The zero-order chi connectivity index (χ0) is 21.3. The van der Waals surface area contributed by atoms with E-state index in [4.69, 9.17) is 9.73 Å². The SMILES string of the molecule is CCSCc1ccc2c(c1)-c1cn(C)c(=O)cc1[C@H](C)N=C2c1ccc(OC)cc1. The predicted molar refractivity (Wildman–Crippen MR) is 126 cm³/mol. The fourth-order valence-electron chi connectivity index (χ4n) is 3.86. The van der Waals surface area contributed by atoms with Gasteiger partial charge in [0, 0.05) is 41.8 Å². The number of aliphatic imine (C=N–C) groups is 1. The minimum Gasteiger partial charge on any atom is -0.497 e. The Morgan fingerprint density at radius 1 is 1.07 bits per heavy atom. The van der Waals surface area contributed by atoms with Crippen LogP contribution in [0.15, 0.2) is 64.5 Å². The van der Waals surface area contributed by atoms with Crippen LogP contribution >= 0.6 is 11.8 Å². The van der Waals surface area contributed by atoms with Crippen LogP contribution in [0.25, 0.3) is 11.1 Å². The number of benzene rings is 2. The molecule has 0 saturated carbocycles. The largest absolute Gasteiger partial charge is 0.497 e. The molecule has 5 heteroatoms. The highest BCUT2D eigenvalue weighted by atomic mass is 32.2. The fraction of sp³-hybridized carbons (Fsp3) is 0.280. The molecule has 2 heterocycles. The molecule has 154 valence electrons. The van der Waals surface area contributed by atoms with Crippen molar-refractivity contribution in [3.63, 3.8) is 0 Å². The summed E-state index contributed by atoms with van der Waals surface area (Å²) < 4.78 is 6.98. The topological polar surface area (TPSA) is 43.6 Å². The molecular weight excluding hydrogens is 392 g/mol. The van der Waals surface area contributed by atoms with Gasteiger partial charge in [0.15, 0.2) is 0 Å². The number of methoxy groups -OCH3 is 1. The van der Waals surface area contributed by atoms with Gasteiger partial charge in [0.25, 0.3) is 5.56 Å². The van der Waals surface area contributed by atoms with Crippen molar-refractivity contribution < 1.29 is 4.74 Å². The molecule has 30 heavy (non-hydrogen) atoms. The lowest BCUT2D eigenvalue weighted by Gasteiger charge is -2.15. The molecule has 0 fully saturated rings. The summed E-state index contributed by atoms with van der Waals surface area (Å²) in [5, 5.41) is 0. The molecule has 3 aromatic rings. The zero-order valence-corrected chi connectivity index (χ0v) is 18.6. The number of thioether (sulfide) groups is 1. The molecule has 0 amide bonds. The summed E-state index contributed by atoms with van der Waals surface area (Å²) in [5.74, 6) is 2.87. The van der Waals surface area contributed by atoms with Crippen LogP contribution in [0.4, 0.5) is 0 Å². The van der Waals surface area contributed by atoms with Gasteiger partial charge in [0.1, 0.15) is 5.75 Å². The Bertz CT molecular complexity index is 1160. The number of pyridine rings is 1. The normalized spacial score (nSPS) is 15.1. The average molecular weight is 419 g/mol. The van der Waals surface area contributed by atoms with E-state index in [0.717, 1.165) is 50.8 Å². The van der Waals surface area contributed by atoms with Crippen molar-refractivity contribution in [3.8, 4) is 16.9 Å². The number of rotatable bonds is 5. The van der Waals surface area contributed by atoms with Crippen molar-refractivity contribution in [3.05, 3.63) is 87.3 Å². The molecule has 0 bridgehead atoms. The number of aromatic nitrogens is 1. The van der Waals surface area contributed by atoms with Crippen LogP contribution in [0.5, 0.6) is 5.75 Å². The summed E-state index contributed by atoms with van der Waals surface area (Å²) in [7, 11) is 3.47. The van der Waals surface area contributed by atoms with Crippen molar-refractivity contribution in [1.82, 2.24) is 4.57 Å². The Balaban J connectivity index is 1.95. The maximum atomic E-state index is 12.4. The van der Waals surface area contributed by atoms with Gasteiger partial charge in [-0.2, -0.15) is 11.8 Å². The van der Waals surface area contributed by atoms with E-state index in [2.05, 4.69) is 32.0 Å². The molecule has 4 rings (SSSR count). The van der Waals surface area contributed by atoms with Crippen molar-refractivity contribution in [1.29, 1.82) is 0 Å². The zero-order valence-electron chi connectivity index (χ0n) is 17.8. The van der Waals surface area contributed by atoms with E-state index >= 15 is 0 Å². The fourth-order valence-corrected chi connectivity index (χ4v) is 4.48. The van der Waals surface area contributed by atoms with E-state index in [0.29, 0.717) is 0 Å². The van der Waals surface area contributed by atoms with E-state index in [1.807, 2.05) is 42.2 Å². The van der Waals surface area contributed by atoms with Gasteiger partial charge in [0.2, 0.25) is 0 Å². The molecule has 0 unspecified atom stereocenters. The minimum absolute atomic E-state index is 0.0112. The molecule has 1 aliphatic rings. The number of fused-ring (bicyclic) bond motifs is 3. The van der Waals surface area contributed by atoms with Gasteiger partial charge in [-0.3, -0.25) is 9.79 Å². The third-order valence-electron chi connectivity index (χ3n) is 5.50. The van der Waals surface area contributed by atoms with E-state index < -0.39 is 0 Å². The van der Waals surface area contributed by atoms with Gasteiger partial charge in [-0.25, -0.2) is 0 Å². The Hall–Kier alpha value is -2.79. The highest BCUT2D eigenvalue weighted by molar-refractivity contribution is 7.98. The van der Waals surface area contributed by atoms with E-state index in [1.165, 1.54) is 5.56 Å². The average Bonchev–Trinajstić information content (AvgIpc) is 2.88. The molecule has 4 nitrogen and oxygen atoms in total. The third kappa shape index (κ3) is 3.82. The Morgan fingerprint density at radius 2 is 1.83 bits per heavy atom. The van der Waals surface area contributed by atoms with Gasteiger partial charge in [-0.15, -0.1) is 0 Å². The predicted octanol–water partition coefficient (Wildman–Crippen LogP) is 5.23. The molecule has 0 aliphatic carbocycles. The number of ether oxygens (including phenoxy) is 1. The molecule has 1 aromatic heterocycles. The van der Waals surface area contributed by atoms with Crippen LogP contribution in [0.1, 0.15) is 42.1 Å². The number of hydrogen-bond donors (Lipinski definition) is 0. The minimum atomic E-state index is -0.119. The van der Waals surface area contributed by atoms with Crippen LogP contribution in [0.2, 0.25) is 0 Å². The van der Waals surface area contributed by atoms with Crippen LogP contribution in [-0.4, -0.2) is 23.1 Å². The lowest BCUT2D eigenvalue weighted by atomic mass is 9.91. The van der Waals surface area contributed by atoms with Crippen molar-refractivity contribution >= 4 is 17.5 Å². The van der Waals surface area contributed by atoms with Crippen molar-refractivity contribution in [2.24, 2.45) is 12.0 Å². The number of nitrogens with zero attached hydrogens (tertiary/aromatic N) is 2. The van der Waals surface area contributed by atoms with E-state index in [9.17, 15) is 4.79 Å². The first-order valence-corrected chi connectivity index (χ1v) is 11.3.